The van der Waals surface area contributed by atoms with Crippen molar-refractivity contribution in [2.75, 3.05) is 83.7 Å². The van der Waals surface area contributed by atoms with Crippen LogP contribution in [0.3, 0.4) is 0 Å². The third kappa shape index (κ3) is 8.14. The van der Waals surface area contributed by atoms with Gasteiger partial charge in [0.1, 0.15) is 0 Å². The van der Waals surface area contributed by atoms with Crippen LogP contribution < -0.4 is 10.6 Å². The van der Waals surface area contributed by atoms with Gasteiger partial charge in [-0.15, -0.1) is 11.3 Å². The van der Waals surface area contributed by atoms with Gasteiger partial charge in [0.25, 0.3) is 0 Å². The summed E-state index contributed by atoms with van der Waals surface area (Å²) in [6.45, 7) is 11.8. The molecule has 1 aromatic heterocycles. The second kappa shape index (κ2) is 14.7. The minimum atomic E-state index is -0.904. The number of likely N-dealkylation sites (tertiary alicyclic amines) is 1. The standard InChI is InChI=1S/C19H23N3O3S.C10H19N3OS/c23-18(24)15-3-1-14(2-4-15)17-13-26-19(20-17)22-7-5-16(6-8-22)21-9-11-25-12-10-21;11-10(15)13-3-1-9(2-4-13)12-5-7-14-8-6-12/h1-4,13,16H,5-12H2,(H,23,24);9H,1-8H2,(H2,11,15). The number of anilines is 1. The van der Waals surface area contributed by atoms with Crippen molar-refractivity contribution in [1.29, 1.82) is 0 Å². The van der Waals surface area contributed by atoms with E-state index in [0.717, 1.165) is 95.2 Å². The number of thiazole rings is 1. The first kappa shape index (κ1) is 30.1. The van der Waals surface area contributed by atoms with E-state index in [1.165, 1.54) is 25.7 Å². The Bertz CT molecular complexity index is 1120. The van der Waals surface area contributed by atoms with Gasteiger partial charge in [-0.25, -0.2) is 9.78 Å². The zero-order valence-corrected chi connectivity index (χ0v) is 25.3. The predicted molar refractivity (Wildman–Crippen MR) is 166 cm³/mol. The van der Waals surface area contributed by atoms with Crippen molar-refractivity contribution in [3.8, 4) is 11.3 Å². The van der Waals surface area contributed by atoms with Gasteiger partial charge in [0.05, 0.1) is 37.7 Å². The number of piperidine rings is 2. The number of carboxylic acid groups (broad SMARTS) is 1. The topological polar surface area (TPSA) is 108 Å². The number of aromatic nitrogens is 1. The highest BCUT2D eigenvalue weighted by atomic mass is 32.1. The number of nitrogens with two attached hydrogens (primary N) is 1. The number of morpholine rings is 2. The SMILES string of the molecule is NC(=S)N1CCC(N2CCOCC2)CC1.O=C(O)c1ccc(-c2csc(N3CCC(N4CCOCC4)CC3)n2)cc1. The first-order valence-corrected chi connectivity index (χ1v) is 16.0. The van der Waals surface area contributed by atoms with Gasteiger partial charge in [0, 0.05) is 75.4 Å². The van der Waals surface area contributed by atoms with Gasteiger partial charge >= 0.3 is 5.97 Å². The number of rotatable bonds is 5. The lowest BCUT2D eigenvalue weighted by Crippen LogP contribution is -2.50. The molecule has 1 aromatic carbocycles. The second-order valence-corrected chi connectivity index (χ2v) is 12.2. The van der Waals surface area contributed by atoms with Crippen molar-refractivity contribution < 1.29 is 19.4 Å². The smallest absolute Gasteiger partial charge is 0.335 e. The van der Waals surface area contributed by atoms with Crippen LogP contribution in [0, 0.1) is 0 Å². The molecule has 3 N–H and O–H groups in total. The predicted octanol–water partition coefficient (Wildman–Crippen LogP) is 2.84. The fraction of sp³-hybridized carbons (Fsp3) is 0.621. The zero-order valence-electron chi connectivity index (χ0n) is 23.7. The third-order valence-corrected chi connectivity index (χ3v) is 9.71. The molecule has 4 saturated heterocycles. The maximum absolute atomic E-state index is 11.0. The number of benzene rings is 1. The van der Waals surface area contributed by atoms with E-state index in [1.54, 1.807) is 23.5 Å². The summed E-state index contributed by atoms with van der Waals surface area (Å²) in [6, 6.07) is 8.28. The van der Waals surface area contributed by atoms with Crippen molar-refractivity contribution in [3.63, 3.8) is 0 Å². The summed E-state index contributed by atoms with van der Waals surface area (Å²) >= 11 is 6.64. The summed E-state index contributed by atoms with van der Waals surface area (Å²) in [6.07, 6.45) is 4.69. The molecule has 0 aliphatic carbocycles. The molecule has 224 valence electrons. The molecule has 4 aliphatic heterocycles. The van der Waals surface area contributed by atoms with Gasteiger partial charge in [0.2, 0.25) is 0 Å². The van der Waals surface area contributed by atoms with Crippen LogP contribution in [0.4, 0.5) is 5.13 Å². The number of carbonyl (C=O) groups is 1. The van der Waals surface area contributed by atoms with Crippen molar-refractivity contribution in [3.05, 3.63) is 35.2 Å². The molecule has 0 spiro atoms. The van der Waals surface area contributed by atoms with Gasteiger partial charge < -0.3 is 30.1 Å². The fourth-order valence-corrected chi connectivity index (χ4v) is 7.16. The molecule has 0 bridgehead atoms. The zero-order chi connectivity index (χ0) is 28.6. The summed E-state index contributed by atoms with van der Waals surface area (Å²) in [5.74, 6) is -0.904. The average Bonchev–Trinajstić information content (AvgIpc) is 3.53. The van der Waals surface area contributed by atoms with Crippen molar-refractivity contribution in [2.45, 2.75) is 37.8 Å². The molecule has 0 radical (unpaired) electrons. The van der Waals surface area contributed by atoms with Gasteiger partial charge in [-0.2, -0.15) is 0 Å². The van der Waals surface area contributed by atoms with Crippen molar-refractivity contribution in [1.82, 2.24) is 19.7 Å². The highest BCUT2D eigenvalue weighted by Crippen LogP contribution is 2.30. The Hall–Kier alpha value is -2.35. The highest BCUT2D eigenvalue weighted by Gasteiger charge is 2.27. The molecule has 12 heteroatoms. The Balaban J connectivity index is 0.000000191. The molecule has 5 heterocycles. The molecule has 0 atom stereocenters. The number of carboxylic acids is 1. The van der Waals surface area contributed by atoms with E-state index in [1.807, 2.05) is 12.1 Å². The van der Waals surface area contributed by atoms with Gasteiger partial charge in [-0.05, 0) is 50.0 Å². The number of hydrogen-bond donors (Lipinski definition) is 2. The number of nitrogens with zero attached hydrogens (tertiary/aromatic N) is 5. The molecule has 4 fully saturated rings. The van der Waals surface area contributed by atoms with Crippen LogP contribution in [-0.4, -0.2) is 127 Å². The van der Waals surface area contributed by atoms with E-state index in [2.05, 4.69) is 25.0 Å². The molecule has 0 amide bonds. The molecular formula is C29H42N6O4S2. The Morgan fingerprint density at radius 3 is 1.85 bits per heavy atom. The van der Waals surface area contributed by atoms with E-state index in [0.29, 0.717) is 22.8 Å². The van der Waals surface area contributed by atoms with Crippen molar-refractivity contribution >= 4 is 39.8 Å². The van der Waals surface area contributed by atoms with E-state index in [4.69, 9.17) is 37.5 Å². The normalized spacial score (nSPS) is 21.8. The lowest BCUT2D eigenvalue weighted by atomic mass is 10.0. The molecular weight excluding hydrogens is 560 g/mol. The molecule has 41 heavy (non-hydrogen) atoms. The van der Waals surface area contributed by atoms with Crippen LogP contribution in [0.5, 0.6) is 0 Å². The van der Waals surface area contributed by atoms with Gasteiger partial charge in [-0.3, -0.25) is 9.80 Å². The minimum Gasteiger partial charge on any atom is -0.478 e. The van der Waals surface area contributed by atoms with Crippen LogP contribution in [0.25, 0.3) is 11.3 Å². The summed E-state index contributed by atoms with van der Waals surface area (Å²) in [5.41, 5.74) is 7.79. The second-order valence-electron chi connectivity index (χ2n) is 11.0. The molecule has 10 nitrogen and oxygen atoms in total. The quantitative estimate of drug-likeness (QED) is 0.494. The lowest BCUT2D eigenvalue weighted by molar-refractivity contribution is 0.00548. The molecule has 4 aliphatic rings. The monoisotopic (exact) mass is 602 g/mol. The Morgan fingerprint density at radius 1 is 0.854 bits per heavy atom. The first-order valence-electron chi connectivity index (χ1n) is 14.7. The summed E-state index contributed by atoms with van der Waals surface area (Å²) in [4.78, 5) is 25.3. The van der Waals surface area contributed by atoms with Crippen molar-refractivity contribution in [2.24, 2.45) is 5.73 Å². The largest absolute Gasteiger partial charge is 0.478 e. The fourth-order valence-electron chi connectivity index (χ4n) is 6.08. The number of ether oxygens (including phenoxy) is 2. The van der Waals surface area contributed by atoms with Gasteiger partial charge in [-0.1, -0.05) is 12.1 Å². The van der Waals surface area contributed by atoms with Crippen LogP contribution in [0.1, 0.15) is 36.0 Å². The third-order valence-electron chi connectivity index (χ3n) is 8.55. The van der Waals surface area contributed by atoms with E-state index in [9.17, 15) is 4.79 Å². The minimum absolute atomic E-state index is 0.300. The molecule has 2 aromatic rings. The Morgan fingerprint density at radius 2 is 1.37 bits per heavy atom. The van der Waals surface area contributed by atoms with E-state index in [-0.39, 0.29) is 0 Å². The first-order chi connectivity index (χ1) is 20.0. The summed E-state index contributed by atoms with van der Waals surface area (Å²) in [7, 11) is 0. The average molecular weight is 603 g/mol. The molecule has 0 unspecified atom stereocenters. The van der Waals surface area contributed by atoms with Gasteiger partial charge in [0.15, 0.2) is 10.2 Å². The molecule has 0 saturated carbocycles. The number of hydrogen-bond acceptors (Lipinski definition) is 9. The van der Waals surface area contributed by atoms with Crippen LogP contribution in [0.15, 0.2) is 29.6 Å². The Kier molecular flexibility index (Phi) is 10.8. The van der Waals surface area contributed by atoms with Crippen LogP contribution >= 0.6 is 23.6 Å². The highest BCUT2D eigenvalue weighted by molar-refractivity contribution is 7.80. The Labute approximate surface area is 252 Å². The summed E-state index contributed by atoms with van der Waals surface area (Å²) in [5, 5.41) is 12.7. The van der Waals surface area contributed by atoms with Crippen LogP contribution in [-0.2, 0) is 9.47 Å². The van der Waals surface area contributed by atoms with E-state index < -0.39 is 5.97 Å². The van der Waals surface area contributed by atoms with Crippen LogP contribution in [0.2, 0.25) is 0 Å². The van der Waals surface area contributed by atoms with E-state index >= 15 is 0 Å². The number of thiocarbonyl (C=S) groups is 1. The lowest BCUT2D eigenvalue weighted by Gasteiger charge is -2.40. The molecule has 6 rings (SSSR count). The summed E-state index contributed by atoms with van der Waals surface area (Å²) < 4.78 is 10.8. The number of aromatic carboxylic acids is 1. The maximum atomic E-state index is 11.0. The maximum Gasteiger partial charge on any atom is 0.335 e.